The molecule has 2 saturated heterocycles. The molecule has 1 amide bonds. The van der Waals surface area contributed by atoms with Crippen LogP contribution in [0, 0.1) is 5.92 Å². The largest absolute Gasteiger partial charge is 0.363 e. The van der Waals surface area contributed by atoms with E-state index in [-0.39, 0.29) is 23.6 Å². The number of hydrogen-bond donors (Lipinski definition) is 2. The molecule has 2 N–H and O–H groups in total. The second kappa shape index (κ2) is 7.75. The molecule has 31 heavy (non-hydrogen) atoms. The van der Waals surface area contributed by atoms with Crippen LogP contribution in [0.25, 0.3) is 0 Å². The fourth-order valence-corrected chi connectivity index (χ4v) is 6.41. The maximum atomic E-state index is 14.5. The Bertz CT molecular complexity index is 988. The van der Waals surface area contributed by atoms with Gasteiger partial charge in [0, 0.05) is 42.4 Å². The van der Waals surface area contributed by atoms with Crippen LogP contribution in [-0.4, -0.2) is 40.1 Å². The first kappa shape index (κ1) is 21.2. The van der Waals surface area contributed by atoms with Crippen molar-refractivity contribution in [2.45, 2.75) is 62.8 Å². The molecule has 0 aliphatic carbocycles. The Morgan fingerprint density at radius 2 is 2.26 bits per heavy atom. The Labute approximate surface area is 187 Å². The van der Waals surface area contributed by atoms with Gasteiger partial charge in [0.2, 0.25) is 5.91 Å². The van der Waals surface area contributed by atoms with Crippen molar-refractivity contribution in [2.75, 3.05) is 13.2 Å². The van der Waals surface area contributed by atoms with E-state index >= 15 is 0 Å². The Morgan fingerprint density at radius 3 is 3.03 bits per heavy atom. The summed E-state index contributed by atoms with van der Waals surface area (Å²) in [4.78, 5) is 11.9. The molecule has 5 rings (SSSR count). The van der Waals surface area contributed by atoms with Crippen molar-refractivity contribution in [2.24, 2.45) is 5.92 Å². The number of alkyl halides is 2. The van der Waals surface area contributed by atoms with Crippen molar-refractivity contribution in [3.8, 4) is 0 Å². The lowest BCUT2D eigenvalue weighted by molar-refractivity contribution is -0.183. The van der Waals surface area contributed by atoms with Crippen LogP contribution in [0.5, 0.6) is 0 Å². The number of hydrogen-bond acceptors (Lipinski definition) is 6. The topological polar surface area (TPSA) is 81.1 Å². The standard InChI is InChI=1S/C20H24ClF2N5O2S/c1-11-5-19(18-13(4-16(21)31-18)20(22,23)10-30-19)6-14(25-11)15-9-28(27-26-15)8-12-2-3-17(29)24-7-12/h4,9,11-12,14,25H,2-3,5-8,10H2,1H3,(H,24,29)/t11-,12?,14-,19-/m0/s1. The Balaban J connectivity index is 1.37. The van der Waals surface area contributed by atoms with Crippen LogP contribution in [0.15, 0.2) is 12.3 Å². The van der Waals surface area contributed by atoms with Gasteiger partial charge in [-0.1, -0.05) is 16.8 Å². The van der Waals surface area contributed by atoms with Crippen molar-refractivity contribution in [3.63, 3.8) is 0 Å². The van der Waals surface area contributed by atoms with Crippen molar-refractivity contribution >= 4 is 28.8 Å². The first-order chi connectivity index (χ1) is 14.7. The van der Waals surface area contributed by atoms with Gasteiger partial charge in [0.05, 0.1) is 22.3 Å². The Kier molecular flexibility index (Phi) is 5.31. The number of carbonyl (C=O) groups excluding carboxylic acids is 1. The Morgan fingerprint density at radius 1 is 1.42 bits per heavy atom. The summed E-state index contributed by atoms with van der Waals surface area (Å²) in [6.45, 7) is 2.69. The van der Waals surface area contributed by atoms with Crippen molar-refractivity contribution < 1.29 is 18.3 Å². The monoisotopic (exact) mass is 471 g/mol. The maximum Gasteiger partial charge on any atom is 0.297 e. The average Bonchev–Trinajstić information content (AvgIpc) is 3.35. The summed E-state index contributed by atoms with van der Waals surface area (Å²) < 4.78 is 37.0. The predicted octanol–water partition coefficient (Wildman–Crippen LogP) is 3.35. The number of rotatable bonds is 3. The number of ether oxygens (including phenoxy) is 1. The average molecular weight is 472 g/mol. The van der Waals surface area contributed by atoms with Gasteiger partial charge in [0.1, 0.15) is 12.2 Å². The summed E-state index contributed by atoms with van der Waals surface area (Å²) in [5, 5.41) is 15.0. The molecule has 168 valence electrons. The number of aromatic nitrogens is 3. The first-order valence-electron chi connectivity index (χ1n) is 10.5. The molecule has 3 aliphatic heterocycles. The third-order valence-corrected chi connectivity index (χ3v) is 7.87. The summed E-state index contributed by atoms with van der Waals surface area (Å²) in [6, 6.07) is 1.24. The van der Waals surface area contributed by atoms with E-state index in [0.717, 1.165) is 12.1 Å². The first-order valence-corrected chi connectivity index (χ1v) is 11.7. The number of amides is 1. The summed E-state index contributed by atoms with van der Waals surface area (Å²) in [7, 11) is 0. The van der Waals surface area contributed by atoms with E-state index in [1.54, 1.807) is 4.68 Å². The van der Waals surface area contributed by atoms with Crippen LogP contribution in [0.3, 0.4) is 0 Å². The fourth-order valence-electron chi connectivity index (χ4n) is 4.97. The molecule has 11 heteroatoms. The van der Waals surface area contributed by atoms with Crippen LogP contribution in [0.2, 0.25) is 4.34 Å². The van der Waals surface area contributed by atoms with Gasteiger partial charge in [-0.3, -0.25) is 9.48 Å². The highest BCUT2D eigenvalue weighted by molar-refractivity contribution is 7.16. The number of halogens is 3. The van der Waals surface area contributed by atoms with Crippen LogP contribution < -0.4 is 10.6 Å². The molecule has 5 heterocycles. The zero-order valence-electron chi connectivity index (χ0n) is 17.0. The number of nitrogens with zero attached hydrogens (tertiary/aromatic N) is 3. The van der Waals surface area contributed by atoms with Crippen LogP contribution in [0.4, 0.5) is 8.78 Å². The molecule has 0 saturated carbocycles. The fraction of sp³-hybridized carbons (Fsp3) is 0.650. The second-order valence-corrected chi connectivity index (χ2v) is 10.6. The molecule has 4 atom stereocenters. The van der Waals surface area contributed by atoms with Crippen molar-refractivity contribution in [1.82, 2.24) is 25.6 Å². The molecular formula is C20H24ClF2N5O2S. The van der Waals surface area contributed by atoms with Crippen molar-refractivity contribution in [3.05, 3.63) is 32.7 Å². The van der Waals surface area contributed by atoms with E-state index in [9.17, 15) is 13.6 Å². The Hall–Kier alpha value is -1.62. The lowest BCUT2D eigenvalue weighted by atomic mass is 9.78. The molecular weight excluding hydrogens is 448 g/mol. The number of carbonyl (C=O) groups is 1. The normalized spacial score (nSPS) is 32.6. The highest BCUT2D eigenvalue weighted by atomic mass is 35.5. The van der Waals surface area contributed by atoms with Crippen LogP contribution >= 0.6 is 22.9 Å². The summed E-state index contributed by atoms with van der Waals surface area (Å²) in [5.74, 6) is -2.63. The highest BCUT2D eigenvalue weighted by Crippen LogP contribution is 2.54. The lowest BCUT2D eigenvalue weighted by Gasteiger charge is -2.47. The maximum absolute atomic E-state index is 14.5. The van der Waals surface area contributed by atoms with E-state index in [0.29, 0.717) is 47.5 Å². The van der Waals surface area contributed by atoms with Gasteiger partial charge >= 0.3 is 0 Å². The highest BCUT2D eigenvalue weighted by Gasteiger charge is 2.53. The third kappa shape index (κ3) is 3.99. The number of nitrogens with one attached hydrogen (secondary N) is 2. The molecule has 2 fully saturated rings. The van der Waals surface area contributed by atoms with Gasteiger partial charge < -0.3 is 15.4 Å². The van der Waals surface area contributed by atoms with E-state index in [1.807, 2.05) is 13.1 Å². The number of piperidine rings is 2. The predicted molar refractivity (Wildman–Crippen MR) is 111 cm³/mol. The molecule has 0 bridgehead atoms. The molecule has 1 spiro atoms. The molecule has 2 aromatic rings. The molecule has 7 nitrogen and oxygen atoms in total. The van der Waals surface area contributed by atoms with E-state index in [2.05, 4.69) is 20.9 Å². The zero-order valence-corrected chi connectivity index (χ0v) is 18.6. The van der Waals surface area contributed by atoms with Crippen LogP contribution in [0.1, 0.15) is 54.8 Å². The summed E-state index contributed by atoms with van der Waals surface area (Å²) in [5.41, 5.74) is -0.0674. The molecule has 2 aromatic heterocycles. The minimum Gasteiger partial charge on any atom is -0.363 e. The number of fused-ring (bicyclic) bond motifs is 2. The van der Waals surface area contributed by atoms with Gasteiger partial charge in [-0.05, 0) is 31.7 Å². The van der Waals surface area contributed by atoms with Gasteiger partial charge in [0.15, 0.2) is 0 Å². The van der Waals surface area contributed by atoms with E-state index in [4.69, 9.17) is 16.3 Å². The van der Waals surface area contributed by atoms with Gasteiger partial charge in [-0.15, -0.1) is 16.4 Å². The number of thiophene rings is 1. The van der Waals surface area contributed by atoms with Gasteiger partial charge in [0.25, 0.3) is 5.92 Å². The molecule has 3 aliphatic rings. The second-order valence-electron chi connectivity index (χ2n) is 8.88. The molecule has 1 unspecified atom stereocenters. The smallest absolute Gasteiger partial charge is 0.297 e. The third-order valence-electron chi connectivity index (χ3n) is 6.42. The zero-order chi connectivity index (χ0) is 21.8. The molecule has 0 radical (unpaired) electrons. The SMILES string of the molecule is C[C@H]1C[C@@]2(C[C@@H](c3cn(CC4CCC(=O)NC4)nn3)N1)OCC(F)(F)c1cc(Cl)sc12. The summed E-state index contributed by atoms with van der Waals surface area (Å²) in [6.07, 6.45) is 4.32. The quantitative estimate of drug-likeness (QED) is 0.717. The van der Waals surface area contributed by atoms with Gasteiger partial charge in [-0.25, -0.2) is 0 Å². The van der Waals surface area contributed by atoms with Crippen molar-refractivity contribution in [1.29, 1.82) is 0 Å². The van der Waals surface area contributed by atoms with E-state index < -0.39 is 18.1 Å². The lowest BCUT2D eigenvalue weighted by Crippen LogP contribution is -2.51. The van der Waals surface area contributed by atoms with Crippen LogP contribution in [-0.2, 0) is 27.6 Å². The van der Waals surface area contributed by atoms with Gasteiger partial charge in [-0.2, -0.15) is 8.78 Å². The molecule has 0 aromatic carbocycles. The minimum absolute atomic E-state index is 0.00963. The van der Waals surface area contributed by atoms with E-state index in [1.165, 1.54) is 17.4 Å². The minimum atomic E-state index is -3.04. The summed E-state index contributed by atoms with van der Waals surface area (Å²) >= 11 is 7.32.